The van der Waals surface area contributed by atoms with Gasteiger partial charge in [-0.25, -0.2) is 9.37 Å². The molecule has 0 atom stereocenters. The third-order valence-electron chi connectivity index (χ3n) is 1.98. The number of aryl methyl sites for hydroxylation is 1. The van der Waals surface area contributed by atoms with Gasteiger partial charge in [0.2, 0.25) is 5.88 Å². The largest absolute Gasteiger partial charge is 0.436 e. The number of nitrogens with zero attached hydrogens (tertiary/aromatic N) is 1. The Morgan fingerprint density at radius 3 is 2.61 bits per heavy atom. The number of ether oxygens (including phenoxy) is 1. The maximum atomic E-state index is 12.9. The molecular formula is C13H16FN3O. The molecule has 0 radical (unpaired) electrons. The molecule has 1 heterocycles. The van der Waals surface area contributed by atoms with Crippen LogP contribution in [0.4, 0.5) is 10.1 Å². The molecule has 4 nitrogen and oxygen atoms in total. The van der Waals surface area contributed by atoms with Crippen molar-refractivity contribution in [3.05, 3.63) is 42.1 Å². The minimum atomic E-state index is -0.449. The molecule has 0 unspecified atom stereocenters. The molecule has 0 aromatic carbocycles. The minimum Gasteiger partial charge on any atom is -0.436 e. The van der Waals surface area contributed by atoms with Crippen molar-refractivity contribution in [1.82, 2.24) is 4.98 Å². The summed E-state index contributed by atoms with van der Waals surface area (Å²) < 4.78 is 18.1. The van der Waals surface area contributed by atoms with Gasteiger partial charge in [-0.15, -0.1) is 12.8 Å². The SMILES string of the molecule is C#C.C=C/C(Oc1cc(C)c(NN)cn1)=C(\C)F. The lowest BCUT2D eigenvalue weighted by Gasteiger charge is -2.08. The van der Waals surface area contributed by atoms with Crippen LogP contribution in [0, 0.1) is 19.8 Å². The van der Waals surface area contributed by atoms with E-state index in [1.54, 1.807) is 6.07 Å². The Balaban J connectivity index is 0.00000137. The zero-order valence-electron chi connectivity index (χ0n) is 10.4. The van der Waals surface area contributed by atoms with E-state index in [1.807, 2.05) is 6.92 Å². The standard InChI is InChI=1S/C11H14FN3O.C2H2/c1-4-10(8(3)12)16-11-5-7(2)9(15-13)6-14-11;1-2/h4-6,15H,1,13H2,2-3H3;1-2H/b10-8-;. The first-order valence-corrected chi connectivity index (χ1v) is 5.01. The number of rotatable bonds is 4. The van der Waals surface area contributed by atoms with Gasteiger partial charge >= 0.3 is 0 Å². The van der Waals surface area contributed by atoms with Crippen molar-refractivity contribution in [2.45, 2.75) is 13.8 Å². The molecule has 0 fully saturated rings. The molecule has 18 heavy (non-hydrogen) atoms. The van der Waals surface area contributed by atoms with Crippen molar-refractivity contribution in [3.63, 3.8) is 0 Å². The Morgan fingerprint density at radius 1 is 1.61 bits per heavy atom. The first kappa shape index (κ1) is 15.7. The maximum Gasteiger partial charge on any atom is 0.219 e. The van der Waals surface area contributed by atoms with Crippen molar-refractivity contribution >= 4 is 5.69 Å². The fraction of sp³-hybridized carbons (Fsp3) is 0.154. The van der Waals surface area contributed by atoms with E-state index in [1.165, 1.54) is 19.2 Å². The lowest BCUT2D eigenvalue weighted by Crippen LogP contribution is -2.08. The van der Waals surface area contributed by atoms with Crippen molar-refractivity contribution < 1.29 is 9.13 Å². The molecule has 96 valence electrons. The van der Waals surface area contributed by atoms with Gasteiger partial charge in [0.05, 0.1) is 11.9 Å². The van der Waals surface area contributed by atoms with E-state index in [2.05, 4.69) is 29.8 Å². The molecular weight excluding hydrogens is 233 g/mol. The number of hydrogen-bond donors (Lipinski definition) is 2. The molecule has 5 heteroatoms. The highest BCUT2D eigenvalue weighted by molar-refractivity contribution is 5.49. The van der Waals surface area contributed by atoms with Crippen LogP contribution in [0.1, 0.15) is 12.5 Å². The molecule has 0 bridgehead atoms. The molecule has 0 aliphatic heterocycles. The number of nitrogens with one attached hydrogen (secondary N) is 1. The first-order valence-electron chi connectivity index (χ1n) is 5.01. The zero-order valence-corrected chi connectivity index (χ0v) is 10.4. The average molecular weight is 249 g/mol. The normalized spacial score (nSPS) is 10.6. The van der Waals surface area contributed by atoms with Gasteiger partial charge in [-0.3, -0.25) is 5.84 Å². The minimum absolute atomic E-state index is 0.0559. The molecule has 1 aromatic heterocycles. The van der Waals surface area contributed by atoms with Gasteiger partial charge in [0.1, 0.15) is 5.83 Å². The summed E-state index contributed by atoms with van der Waals surface area (Å²) in [5.41, 5.74) is 4.03. The number of hydrogen-bond acceptors (Lipinski definition) is 4. The molecule has 0 spiro atoms. The molecule has 0 amide bonds. The number of nitrogens with two attached hydrogens (primary N) is 1. The van der Waals surface area contributed by atoms with Crippen molar-refractivity contribution in [3.8, 4) is 18.7 Å². The van der Waals surface area contributed by atoms with Gasteiger partial charge in [-0.2, -0.15) is 0 Å². The quantitative estimate of drug-likeness (QED) is 0.283. The molecule has 1 aromatic rings. The summed E-state index contributed by atoms with van der Waals surface area (Å²) in [6.07, 6.45) is 10.8. The van der Waals surface area contributed by atoms with Crippen molar-refractivity contribution in [2.75, 3.05) is 5.43 Å². The van der Waals surface area contributed by atoms with Gasteiger partial charge in [0.25, 0.3) is 0 Å². The monoisotopic (exact) mass is 249 g/mol. The number of halogens is 1. The summed E-state index contributed by atoms with van der Waals surface area (Å²) in [5.74, 6) is 5.16. The summed E-state index contributed by atoms with van der Waals surface area (Å²) >= 11 is 0. The molecule has 0 saturated heterocycles. The summed E-state index contributed by atoms with van der Waals surface area (Å²) in [4.78, 5) is 3.97. The van der Waals surface area contributed by atoms with Gasteiger partial charge < -0.3 is 10.2 Å². The number of allylic oxidation sites excluding steroid dienone is 2. The fourth-order valence-corrected chi connectivity index (χ4v) is 1.10. The summed E-state index contributed by atoms with van der Waals surface area (Å²) in [7, 11) is 0. The van der Waals surface area contributed by atoms with Crippen molar-refractivity contribution in [1.29, 1.82) is 0 Å². The number of nitrogen functional groups attached to an aromatic ring is 1. The van der Waals surface area contributed by atoms with E-state index in [0.717, 1.165) is 5.56 Å². The van der Waals surface area contributed by atoms with Crippen LogP contribution in [-0.2, 0) is 0 Å². The second-order valence-corrected chi connectivity index (χ2v) is 3.19. The smallest absolute Gasteiger partial charge is 0.219 e. The van der Waals surface area contributed by atoms with E-state index in [4.69, 9.17) is 10.6 Å². The predicted molar refractivity (Wildman–Crippen MR) is 71.3 cm³/mol. The van der Waals surface area contributed by atoms with E-state index >= 15 is 0 Å². The fourth-order valence-electron chi connectivity index (χ4n) is 1.10. The average Bonchev–Trinajstić information content (AvgIpc) is 2.38. The summed E-state index contributed by atoms with van der Waals surface area (Å²) in [5, 5.41) is 0. The van der Waals surface area contributed by atoms with Crippen LogP contribution in [0.5, 0.6) is 5.88 Å². The lowest BCUT2D eigenvalue weighted by atomic mass is 10.2. The molecule has 3 N–H and O–H groups in total. The third-order valence-corrected chi connectivity index (χ3v) is 1.98. The molecule has 0 aliphatic rings. The number of anilines is 1. The van der Waals surface area contributed by atoms with E-state index in [9.17, 15) is 4.39 Å². The third kappa shape index (κ3) is 4.28. The Hall–Kier alpha value is -2.32. The molecule has 1 rings (SSSR count). The van der Waals surface area contributed by atoms with Gasteiger partial charge in [-0.05, 0) is 25.5 Å². The zero-order chi connectivity index (χ0) is 14.1. The van der Waals surface area contributed by atoms with Crippen LogP contribution < -0.4 is 16.0 Å². The highest BCUT2D eigenvalue weighted by atomic mass is 19.1. The summed E-state index contributed by atoms with van der Waals surface area (Å²) in [6.45, 7) is 6.58. The maximum absolute atomic E-state index is 12.9. The molecule has 0 aliphatic carbocycles. The topological polar surface area (TPSA) is 60.2 Å². The van der Waals surface area contributed by atoms with Crippen LogP contribution in [0.15, 0.2) is 36.5 Å². The second-order valence-electron chi connectivity index (χ2n) is 3.19. The van der Waals surface area contributed by atoms with Crippen LogP contribution in [0.2, 0.25) is 0 Å². The van der Waals surface area contributed by atoms with Crippen LogP contribution in [0.25, 0.3) is 0 Å². The first-order chi connectivity index (χ1) is 8.58. The number of hydrazine groups is 1. The Labute approximate surface area is 106 Å². The highest BCUT2D eigenvalue weighted by Gasteiger charge is 2.05. The Kier molecular flexibility index (Phi) is 6.86. The van der Waals surface area contributed by atoms with E-state index in [0.29, 0.717) is 11.6 Å². The molecule has 0 saturated carbocycles. The number of aromatic nitrogens is 1. The van der Waals surface area contributed by atoms with Gasteiger partial charge in [-0.1, -0.05) is 6.58 Å². The Bertz CT molecular complexity index is 463. The van der Waals surface area contributed by atoms with E-state index < -0.39 is 5.83 Å². The van der Waals surface area contributed by atoms with Crippen LogP contribution in [0.3, 0.4) is 0 Å². The van der Waals surface area contributed by atoms with Gasteiger partial charge in [0.15, 0.2) is 5.76 Å². The number of pyridine rings is 1. The lowest BCUT2D eigenvalue weighted by molar-refractivity contribution is 0.399. The Morgan fingerprint density at radius 2 is 2.22 bits per heavy atom. The number of terminal acetylenes is 1. The van der Waals surface area contributed by atoms with E-state index in [-0.39, 0.29) is 5.76 Å². The van der Waals surface area contributed by atoms with Gasteiger partial charge in [0, 0.05) is 6.07 Å². The summed E-state index contributed by atoms with van der Waals surface area (Å²) in [6, 6.07) is 1.65. The second kappa shape index (κ2) is 7.87. The van der Waals surface area contributed by atoms with Crippen LogP contribution in [-0.4, -0.2) is 4.98 Å². The predicted octanol–water partition coefficient (Wildman–Crippen LogP) is 2.69. The highest BCUT2D eigenvalue weighted by Crippen LogP contribution is 2.20. The van der Waals surface area contributed by atoms with Crippen molar-refractivity contribution in [2.24, 2.45) is 5.84 Å². The van der Waals surface area contributed by atoms with Crippen LogP contribution >= 0.6 is 0 Å².